The van der Waals surface area contributed by atoms with Crippen LogP contribution in [-0.4, -0.2) is 61.3 Å². The maximum atomic E-state index is 13.0. The van der Waals surface area contributed by atoms with Gasteiger partial charge >= 0.3 is 6.03 Å². The van der Waals surface area contributed by atoms with Crippen molar-refractivity contribution >= 4 is 17.5 Å². The molecule has 184 valence electrons. The molecule has 0 atom stereocenters. The van der Waals surface area contributed by atoms with Crippen LogP contribution in [-0.2, 0) is 6.42 Å². The Morgan fingerprint density at radius 2 is 1.74 bits per heavy atom. The molecule has 1 aliphatic heterocycles. The average Bonchev–Trinajstić information content (AvgIpc) is 2.86. The molecule has 1 aromatic heterocycles. The van der Waals surface area contributed by atoms with Gasteiger partial charge in [0.2, 0.25) is 0 Å². The van der Waals surface area contributed by atoms with Gasteiger partial charge in [-0.3, -0.25) is 0 Å². The number of aryl methyl sites for hydroxylation is 3. The Morgan fingerprint density at radius 1 is 0.971 bits per heavy atom. The SMILES string of the molecule is COc1ccc(NC(=O)N2CCN(c3nc(C)nc(C)c3Cc3cccc(C)c3)CC2)c(OC)c1. The highest BCUT2D eigenvalue weighted by molar-refractivity contribution is 5.91. The van der Waals surface area contributed by atoms with Crippen LogP contribution in [0.2, 0.25) is 0 Å². The first-order valence-corrected chi connectivity index (χ1v) is 11.8. The predicted octanol–water partition coefficient (Wildman–Crippen LogP) is 4.36. The first-order valence-electron chi connectivity index (χ1n) is 11.8. The summed E-state index contributed by atoms with van der Waals surface area (Å²) < 4.78 is 10.6. The molecule has 4 rings (SSSR count). The number of ether oxygens (including phenoxy) is 2. The van der Waals surface area contributed by atoms with Crippen LogP contribution >= 0.6 is 0 Å². The zero-order valence-corrected chi connectivity index (χ0v) is 21.1. The molecule has 8 nitrogen and oxygen atoms in total. The second-order valence-electron chi connectivity index (χ2n) is 8.79. The fourth-order valence-corrected chi connectivity index (χ4v) is 4.43. The molecule has 0 spiro atoms. The fourth-order valence-electron chi connectivity index (χ4n) is 4.43. The molecule has 0 aliphatic carbocycles. The van der Waals surface area contributed by atoms with E-state index in [0.29, 0.717) is 43.4 Å². The van der Waals surface area contributed by atoms with E-state index >= 15 is 0 Å². The number of amides is 2. The van der Waals surface area contributed by atoms with E-state index in [1.165, 1.54) is 11.1 Å². The number of carbonyl (C=O) groups is 1. The van der Waals surface area contributed by atoms with Crippen molar-refractivity contribution < 1.29 is 14.3 Å². The maximum absolute atomic E-state index is 13.0. The van der Waals surface area contributed by atoms with E-state index in [1.54, 1.807) is 32.4 Å². The lowest BCUT2D eigenvalue weighted by Crippen LogP contribution is -2.50. The Labute approximate surface area is 206 Å². The molecule has 1 fully saturated rings. The van der Waals surface area contributed by atoms with Crippen molar-refractivity contribution in [1.29, 1.82) is 0 Å². The topological polar surface area (TPSA) is 79.8 Å². The summed E-state index contributed by atoms with van der Waals surface area (Å²) in [4.78, 5) is 26.5. The summed E-state index contributed by atoms with van der Waals surface area (Å²) in [6.45, 7) is 8.67. The van der Waals surface area contributed by atoms with Crippen LogP contribution in [0.3, 0.4) is 0 Å². The second-order valence-corrected chi connectivity index (χ2v) is 8.79. The van der Waals surface area contributed by atoms with Gasteiger partial charge in [0.25, 0.3) is 0 Å². The van der Waals surface area contributed by atoms with Gasteiger partial charge in [-0.2, -0.15) is 0 Å². The highest BCUT2D eigenvalue weighted by Crippen LogP contribution is 2.30. The minimum atomic E-state index is -0.150. The van der Waals surface area contributed by atoms with E-state index in [4.69, 9.17) is 14.5 Å². The molecular formula is C27H33N5O3. The Balaban J connectivity index is 1.46. The van der Waals surface area contributed by atoms with Gasteiger partial charge in [0.1, 0.15) is 23.1 Å². The molecule has 2 aromatic carbocycles. The Bertz CT molecular complexity index is 1210. The molecule has 35 heavy (non-hydrogen) atoms. The monoisotopic (exact) mass is 475 g/mol. The summed E-state index contributed by atoms with van der Waals surface area (Å²) in [5, 5.41) is 2.97. The highest BCUT2D eigenvalue weighted by Gasteiger charge is 2.25. The number of nitrogens with one attached hydrogen (secondary N) is 1. The van der Waals surface area contributed by atoms with Gasteiger partial charge in [0.05, 0.1) is 19.9 Å². The Kier molecular flexibility index (Phi) is 7.39. The van der Waals surface area contributed by atoms with E-state index < -0.39 is 0 Å². The highest BCUT2D eigenvalue weighted by atomic mass is 16.5. The normalized spacial score (nSPS) is 13.5. The number of hydrogen-bond acceptors (Lipinski definition) is 6. The maximum Gasteiger partial charge on any atom is 0.322 e. The van der Waals surface area contributed by atoms with Crippen LogP contribution in [0.1, 0.15) is 28.2 Å². The molecule has 1 saturated heterocycles. The molecule has 0 saturated carbocycles. The van der Waals surface area contributed by atoms with Crippen LogP contribution in [0.4, 0.5) is 16.3 Å². The minimum absolute atomic E-state index is 0.150. The minimum Gasteiger partial charge on any atom is -0.497 e. The third-order valence-corrected chi connectivity index (χ3v) is 6.28. The molecular weight excluding hydrogens is 442 g/mol. The summed E-state index contributed by atoms with van der Waals surface area (Å²) in [5.74, 6) is 2.96. The van der Waals surface area contributed by atoms with E-state index in [-0.39, 0.29) is 6.03 Å². The summed E-state index contributed by atoms with van der Waals surface area (Å²) in [7, 11) is 3.17. The van der Waals surface area contributed by atoms with E-state index in [0.717, 1.165) is 29.3 Å². The van der Waals surface area contributed by atoms with Gasteiger partial charge in [-0.25, -0.2) is 14.8 Å². The first kappa shape index (κ1) is 24.3. The molecule has 2 heterocycles. The van der Waals surface area contributed by atoms with E-state index in [1.807, 2.05) is 11.8 Å². The van der Waals surface area contributed by atoms with Gasteiger partial charge in [-0.05, 0) is 38.5 Å². The largest absolute Gasteiger partial charge is 0.497 e. The lowest BCUT2D eigenvalue weighted by molar-refractivity contribution is 0.208. The molecule has 0 radical (unpaired) electrons. The van der Waals surface area contributed by atoms with Crippen LogP contribution in [0.25, 0.3) is 0 Å². The fraction of sp³-hybridized carbons (Fsp3) is 0.370. The van der Waals surface area contributed by atoms with E-state index in [2.05, 4.69) is 53.3 Å². The summed E-state index contributed by atoms with van der Waals surface area (Å²) >= 11 is 0. The summed E-state index contributed by atoms with van der Waals surface area (Å²) in [6.07, 6.45) is 0.779. The quantitative estimate of drug-likeness (QED) is 0.571. The van der Waals surface area contributed by atoms with Crippen molar-refractivity contribution in [2.75, 3.05) is 50.6 Å². The van der Waals surface area contributed by atoms with Crippen molar-refractivity contribution in [1.82, 2.24) is 14.9 Å². The third-order valence-electron chi connectivity index (χ3n) is 6.28. The molecule has 2 amide bonds. The number of piperazine rings is 1. The molecule has 0 unspecified atom stereocenters. The molecule has 1 N–H and O–H groups in total. The van der Waals surface area contributed by atoms with E-state index in [9.17, 15) is 4.79 Å². The van der Waals surface area contributed by atoms with Crippen molar-refractivity contribution in [2.24, 2.45) is 0 Å². The van der Waals surface area contributed by atoms with Gasteiger partial charge in [0.15, 0.2) is 0 Å². The number of urea groups is 1. The number of benzene rings is 2. The summed E-state index contributed by atoms with van der Waals surface area (Å²) in [5.41, 5.74) is 5.24. The number of aromatic nitrogens is 2. The van der Waals surface area contributed by atoms with Crippen molar-refractivity contribution in [3.8, 4) is 11.5 Å². The van der Waals surface area contributed by atoms with Crippen molar-refractivity contribution in [3.63, 3.8) is 0 Å². The molecule has 1 aliphatic rings. The number of carbonyl (C=O) groups excluding carboxylic acids is 1. The molecule has 8 heteroatoms. The first-order chi connectivity index (χ1) is 16.9. The van der Waals surface area contributed by atoms with Gasteiger partial charge in [-0.1, -0.05) is 29.8 Å². The van der Waals surface area contributed by atoms with Crippen molar-refractivity contribution in [2.45, 2.75) is 27.2 Å². The lowest BCUT2D eigenvalue weighted by Gasteiger charge is -2.36. The average molecular weight is 476 g/mol. The zero-order chi connectivity index (χ0) is 24.9. The molecule has 0 bridgehead atoms. The number of anilines is 2. The van der Waals surface area contributed by atoms with Gasteiger partial charge in [0, 0.05) is 49.9 Å². The summed E-state index contributed by atoms with van der Waals surface area (Å²) in [6, 6.07) is 13.7. The predicted molar refractivity (Wildman–Crippen MR) is 138 cm³/mol. The molecule has 3 aromatic rings. The number of nitrogens with zero attached hydrogens (tertiary/aromatic N) is 4. The lowest BCUT2D eigenvalue weighted by atomic mass is 10.0. The third kappa shape index (κ3) is 5.65. The Morgan fingerprint density at radius 3 is 2.43 bits per heavy atom. The Hall–Kier alpha value is -3.81. The standard InChI is InChI=1S/C27H33N5O3/c1-18-7-6-8-21(15-18)16-23-19(2)28-20(3)29-26(23)31-11-13-32(14-12-31)27(33)30-24-10-9-22(34-4)17-25(24)35-5/h6-10,15,17H,11-14,16H2,1-5H3,(H,30,33). The number of rotatable bonds is 6. The number of methoxy groups -OCH3 is 2. The van der Waals surface area contributed by atoms with Crippen LogP contribution in [0.15, 0.2) is 42.5 Å². The number of hydrogen-bond donors (Lipinski definition) is 1. The zero-order valence-electron chi connectivity index (χ0n) is 21.1. The smallest absolute Gasteiger partial charge is 0.322 e. The van der Waals surface area contributed by atoms with Crippen molar-refractivity contribution in [3.05, 3.63) is 70.7 Å². The van der Waals surface area contributed by atoms with Crippen LogP contribution in [0.5, 0.6) is 11.5 Å². The van der Waals surface area contributed by atoms with Crippen LogP contribution in [0, 0.1) is 20.8 Å². The van der Waals surface area contributed by atoms with Gasteiger partial charge in [-0.15, -0.1) is 0 Å². The second kappa shape index (κ2) is 10.6. The van der Waals surface area contributed by atoms with Gasteiger partial charge < -0.3 is 24.6 Å². The van der Waals surface area contributed by atoms with Crippen LogP contribution < -0.4 is 19.7 Å².